The number of rotatable bonds is 9. The van der Waals surface area contributed by atoms with Crippen LogP contribution in [0.4, 0.5) is 14.7 Å². The lowest BCUT2D eigenvalue weighted by Crippen LogP contribution is -2.46. The molecule has 34 heavy (non-hydrogen) atoms. The first-order valence-electron chi connectivity index (χ1n) is 11.1. The summed E-state index contributed by atoms with van der Waals surface area (Å²) in [6, 6.07) is 9.36. The summed E-state index contributed by atoms with van der Waals surface area (Å²) < 4.78 is 33.6. The van der Waals surface area contributed by atoms with Gasteiger partial charge in [0.1, 0.15) is 18.1 Å². The van der Waals surface area contributed by atoms with Gasteiger partial charge < -0.3 is 15.6 Å². The molecule has 1 aliphatic heterocycles. The summed E-state index contributed by atoms with van der Waals surface area (Å²) >= 11 is 1.85. The van der Waals surface area contributed by atoms with Gasteiger partial charge in [0, 0.05) is 54.5 Å². The summed E-state index contributed by atoms with van der Waals surface area (Å²) in [7, 11) is 0. The molecule has 3 heterocycles. The third-order valence-electron chi connectivity index (χ3n) is 5.67. The second-order valence-electron chi connectivity index (χ2n) is 8.09. The van der Waals surface area contributed by atoms with Gasteiger partial charge in [-0.05, 0) is 24.6 Å². The van der Waals surface area contributed by atoms with Crippen LogP contribution in [0.3, 0.4) is 0 Å². The first-order chi connectivity index (χ1) is 16.4. The Morgan fingerprint density at radius 3 is 2.85 bits per heavy atom. The van der Waals surface area contributed by atoms with Crippen LogP contribution in [0.2, 0.25) is 0 Å². The highest BCUT2D eigenvalue weighted by Gasteiger charge is 2.22. The number of nitrogens with two attached hydrogens (primary N) is 1. The van der Waals surface area contributed by atoms with Gasteiger partial charge in [-0.3, -0.25) is 4.90 Å². The maximum absolute atomic E-state index is 13.5. The van der Waals surface area contributed by atoms with E-state index in [9.17, 15) is 13.9 Å². The number of nitrogens with zero attached hydrogens (tertiary/aromatic N) is 5. The van der Waals surface area contributed by atoms with Gasteiger partial charge in [-0.15, -0.1) is 0 Å². The summed E-state index contributed by atoms with van der Waals surface area (Å²) in [6.45, 7) is 1.20. The number of para-hydroxylation sites is 1. The molecule has 0 bridgehead atoms. The first-order valence-corrected chi connectivity index (χ1v) is 12.2. The molecule has 8 nitrogen and oxygen atoms in total. The van der Waals surface area contributed by atoms with Crippen molar-refractivity contribution >= 4 is 17.7 Å². The molecule has 1 saturated heterocycles. The van der Waals surface area contributed by atoms with Crippen LogP contribution in [0.1, 0.15) is 23.4 Å². The van der Waals surface area contributed by atoms with Gasteiger partial charge in [-0.1, -0.05) is 18.2 Å². The van der Waals surface area contributed by atoms with Crippen LogP contribution in [0, 0.1) is 6.92 Å². The summed E-state index contributed by atoms with van der Waals surface area (Å²) in [6.07, 6.45) is 1.67. The molecule has 1 aromatic carbocycles. The van der Waals surface area contributed by atoms with Crippen molar-refractivity contribution in [1.29, 1.82) is 0 Å². The Bertz CT molecular complexity index is 1090. The lowest BCUT2D eigenvalue weighted by molar-refractivity contribution is 0.0567. The monoisotopic (exact) mass is 490 g/mol. The van der Waals surface area contributed by atoms with Crippen molar-refractivity contribution in [3.8, 4) is 17.1 Å². The van der Waals surface area contributed by atoms with Crippen molar-refractivity contribution in [1.82, 2.24) is 24.6 Å². The fourth-order valence-electron chi connectivity index (χ4n) is 4.01. The number of alkyl halides is 2. The van der Waals surface area contributed by atoms with E-state index in [1.165, 1.54) is 6.20 Å². The molecule has 0 amide bonds. The van der Waals surface area contributed by atoms with Gasteiger partial charge in [-0.25, -0.2) is 14.6 Å². The van der Waals surface area contributed by atoms with Crippen molar-refractivity contribution in [3.63, 3.8) is 0 Å². The molecular weight excluding hydrogens is 462 g/mol. The molecule has 0 aliphatic carbocycles. The Hall–Kier alpha value is -2.76. The highest BCUT2D eigenvalue weighted by Crippen LogP contribution is 2.29. The Kier molecular flexibility index (Phi) is 7.96. The maximum Gasteiger partial charge on any atom is 0.333 e. The number of aliphatic hydroxyl groups excluding tert-OH is 1. The first kappa shape index (κ1) is 24.4. The number of anilines is 1. The van der Waals surface area contributed by atoms with Crippen molar-refractivity contribution in [2.45, 2.75) is 25.9 Å². The minimum absolute atomic E-state index is 0.0635. The van der Waals surface area contributed by atoms with E-state index in [0.29, 0.717) is 52.6 Å². The minimum atomic E-state index is -2.78. The quantitative estimate of drug-likeness (QED) is 0.472. The Morgan fingerprint density at radius 2 is 2.09 bits per heavy atom. The van der Waals surface area contributed by atoms with Gasteiger partial charge in [0.2, 0.25) is 5.95 Å². The van der Waals surface area contributed by atoms with Crippen LogP contribution in [0.25, 0.3) is 11.4 Å². The van der Waals surface area contributed by atoms with E-state index in [4.69, 9.17) is 10.5 Å². The minimum Gasteiger partial charge on any atom is -0.492 e. The van der Waals surface area contributed by atoms with E-state index in [1.807, 2.05) is 36.0 Å². The zero-order chi connectivity index (χ0) is 24.1. The summed E-state index contributed by atoms with van der Waals surface area (Å²) in [5.74, 6) is 2.70. The fourth-order valence-corrected chi connectivity index (χ4v) is 5.13. The number of ether oxygens (including phenoxy) is 1. The van der Waals surface area contributed by atoms with Crippen LogP contribution >= 0.6 is 11.8 Å². The summed E-state index contributed by atoms with van der Waals surface area (Å²) in [5.41, 5.74) is 8.58. The van der Waals surface area contributed by atoms with E-state index in [1.54, 1.807) is 13.0 Å². The maximum atomic E-state index is 13.5. The van der Waals surface area contributed by atoms with E-state index in [0.717, 1.165) is 23.6 Å². The second kappa shape index (κ2) is 11.1. The number of aryl methyl sites for hydroxylation is 1. The van der Waals surface area contributed by atoms with Crippen molar-refractivity contribution in [2.75, 3.05) is 43.5 Å². The number of halogens is 2. The van der Waals surface area contributed by atoms with E-state index >= 15 is 0 Å². The van der Waals surface area contributed by atoms with Crippen molar-refractivity contribution < 1.29 is 18.6 Å². The predicted molar refractivity (Wildman–Crippen MR) is 128 cm³/mol. The molecule has 182 valence electrons. The average Bonchev–Trinajstić information content (AvgIpc) is 3.24. The molecule has 0 saturated carbocycles. The molecule has 11 heteroatoms. The van der Waals surface area contributed by atoms with Gasteiger partial charge in [0.15, 0.2) is 0 Å². The molecule has 2 aromatic heterocycles. The largest absolute Gasteiger partial charge is 0.492 e. The van der Waals surface area contributed by atoms with Crippen molar-refractivity contribution in [3.05, 3.63) is 53.3 Å². The van der Waals surface area contributed by atoms with E-state index in [-0.39, 0.29) is 18.6 Å². The molecule has 0 radical (unpaired) electrons. The zero-order valence-corrected chi connectivity index (χ0v) is 19.7. The van der Waals surface area contributed by atoms with Gasteiger partial charge in [-0.2, -0.15) is 25.6 Å². The SMILES string of the molecule is Cc1cc(-c2nn(C(F)F)cc2Cc2ccccc2OCCN2CCSCC2CO)nc(N)n1. The van der Waals surface area contributed by atoms with Crippen LogP contribution in [-0.2, 0) is 6.42 Å². The Balaban J connectivity index is 1.54. The van der Waals surface area contributed by atoms with Crippen molar-refractivity contribution in [2.24, 2.45) is 0 Å². The molecule has 3 N–H and O–H groups in total. The highest BCUT2D eigenvalue weighted by molar-refractivity contribution is 7.99. The van der Waals surface area contributed by atoms with Gasteiger partial charge in [0.25, 0.3) is 0 Å². The molecule has 1 atom stereocenters. The fraction of sp³-hybridized carbons (Fsp3) is 0.435. The normalized spacial score (nSPS) is 16.8. The molecule has 4 rings (SSSR count). The molecule has 0 spiro atoms. The number of aliphatic hydroxyl groups is 1. The zero-order valence-electron chi connectivity index (χ0n) is 18.9. The van der Waals surface area contributed by atoms with Gasteiger partial charge >= 0.3 is 6.55 Å². The standard InChI is InChI=1S/C23H28F2N6O2S/c1-15-10-19(28-23(26)27-15)21-17(12-31(29-21)22(24)25)11-16-4-2-3-5-20(16)33-8-6-30-7-9-34-14-18(30)13-32/h2-5,10,12,18,22,32H,6-9,11,13-14H2,1H3,(H2,26,27,28). The number of hydrogen-bond acceptors (Lipinski definition) is 8. The average molecular weight is 491 g/mol. The number of nitrogen functional groups attached to an aromatic ring is 1. The lowest BCUT2D eigenvalue weighted by Gasteiger charge is -2.34. The molecule has 1 fully saturated rings. The van der Waals surface area contributed by atoms with E-state index < -0.39 is 6.55 Å². The molecule has 1 aliphatic rings. The number of hydrogen-bond donors (Lipinski definition) is 2. The number of benzene rings is 1. The number of aromatic nitrogens is 4. The Labute approximate surface area is 201 Å². The molecular formula is C23H28F2N6O2S. The molecule has 1 unspecified atom stereocenters. The van der Waals surface area contributed by atoms with E-state index in [2.05, 4.69) is 20.0 Å². The Morgan fingerprint density at radius 1 is 1.26 bits per heavy atom. The second-order valence-corrected chi connectivity index (χ2v) is 9.24. The van der Waals surface area contributed by atoms with Gasteiger partial charge in [0.05, 0.1) is 12.3 Å². The topological polar surface area (TPSA) is 102 Å². The number of thioether (sulfide) groups is 1. The van der Waals surface area contributed by atoms with Crippen LogP contribution < -0.4 is 10.5 Å². The summed E-state index contributed by atoms with van der Waals surface area (Å²) in [5, 5.41) is 13.7. The summed E-state index contributed by atoms with van der Waals surface area (Å²) in [4.78, 5) is 10.5. The lowest BCUT2D eigenvalue weighted by atomic mass is 10.0. The third kappa shape index (κ3) is 5.83. The van der Waals surface area contributed by atoms with Crippen LogP contribution in [0.5, 0.6) is 5.75 Å². The van der Waals surface area contributed by atoms with Crippen LogP contribution in [-0.4, -0.2) is 73.6 Å². The van der Waals surface area contributed by atoms with Crippen LogP contribution in [0.15, 0.2) is 36.5 Å². The predicted octanol–water partition coefficient (Wildman–Crippen LogP) is 3.01. The smallest absolute Gasteiger partial charge is 0.333 e. The molecule has 3 aromatic rings. The highest BCUT2D eigenvalue weighted by atomic mass is 32.2. The third-order valence-corrected chi connectivity index (χ3v) is 6.76.